The summed E-state index contributed by atoms with van der Waals surface area (Å²) < 4.78 is 13.3. The summed E-state index contributed by atoms with van der Waals surface area (Å²) in [5, 5.41) is 4.71. The summed E-state index contributed by atoms with van der Waals surface area (Å²) in [6, 6.07) is 6.59. The fourth-order valence-corrected chi connectivity index (χ4v) is 6.46. The molecule has 4 heterocycles. The number of benzene rings is 1. The minimum atomic E-state index is -0.0260. The summed E-state index contributed by atoms with van der Waals surface area (Å²) in [6.45, 7) is 7.67. The molecular formula is C28H36N4O4. The van der Waals surface area contributed by atoms with Gasteiger partial charge in [0.1, 0.15) is 12.3 Å². The molecule has 1 aliphatic carbocycles. The SMILES string of the molecule is C[C@@H]1CN(C(=O)c2nn(CC(=O)N3CCC(c4ccc5c(c4)CCO5)CC3)c3c2CCC3)C[C@H](C)O1. The largest absolute Gasteiger partial charge is 0.493 e. The predicted molar refractivity (Wildman–Crippen MR) is 134 cm³/mol. The Kier molecular flexibility index (Phi) is 6.23. The van der Waals surface area contributed by atoms with Gasteiger partial charge >= 0.3 is 0 Å². The molecule has 36 heavy (non-hydrogen) atoms. The molecular weight excluding hydrogens is 456 g/mol. The van der Waals surface area contributed by atoms with E-state index >= 15 is 0 Å². The maximum Gasteiger partial charge on any atom is 0.274 e. The van der Waals surface area contributed by atoms with E-state index in [1.54, 1.807) is 0 Å². The lowest BCUT2D eigenvalue weighted by Crippen LogP contribution is -2.48. The van der Waals surface area contributed by atoms with Gasteiger partial charge in [-0.3, -0.25) is 14.3 Å². The van der Waals surface area contributed by atoms with Gasteiger partial charge in [0.15, 0.2) is 5.69 Å². The van der Waals surface area contributed by atoms with Crippen LogP contribution in [0.4, 0.5) is 0 Å². The van der Waals surface area contributed by atoms with Gasteiger partial charge in [0.25, 0.3) is 5.91 Å². The lowest BCUT2D eigenvalue weighted by atomic mass is 9.88. The molecule has 2 saturated heterocycles. The normalized spacial score (nSPS) is 23.9. The molecule has 0 saturated carbocycles. The summed E-state index contributed by atoms with van der Waals surface area (Å²) in [7, 11) is 0. The number of carbonyl (C=O) groups is 2. The zero-order valence-electron chi connectivity index (χ0n) is 21.4. The van der Waals surface area contributed by atoms with Crippen molar-refractivity contribution < 1.29 is 19.1 Å². The number of nitrogens with zero attached hydrogens (tertiary/aromatic N) is 4. The first-order valence-corrected chi connectivity index (χ1v) is 13.5. The van der Waals surface area contributed by atoms with Crippen LogP contribution in [0, 0.1) is 0 Å². The second kappa shape index (κ2) is 9.54. The third kappa shape index (κ3) is 4.40. The zero-order chi connectivity index (χ0) is 24.8. The van der Waals surface area contributed by atoms with E-state index in [2.05, 4.69) is 18.2 Å². The number of morpholine rings is 1. The van der Waals surface area contributed by atoms with E-state index in [0.717, 1.165) is 75.2 Å². The second-order valence-electron chi connectivity index (χ2n) is 10.9. The van der Waals surface area contributed by atoms with Crippen molar-refractivity contribution in [2.75, 3.05) is 32.8 Å². The Hall–Kier alpha value is -2.87. The van der Waals surface area contributed by atoms with Gasteiger partial charge in [0.05, 0.1) is 18.8 Å². The summed E-state index contributed by atoms with van der Waals surface area (Å²) in [4.78, 5) is 30.5. The molecule has 0 spiro atoms. The average molecular weight is 493 g/mol. The molecule has 2 aromatic rings. The number of hydrogen-bond acceptors (Lipinski definition) is 5. The molecule has 0 N–H and O–H groups in total. The van der Waals surface area contributed by atoms with Gasteiger partial charge in [0.2, 0.25) is 5.91 Å². The molecule has 6 rings (SSSR count). The standard InChI is InChI=1S/C28H36N4O4/c1-18-15-31(16-19(2)36-18)28(34)27-23-4-3-5-24(23)32(29-27)17-26(33)30-11-8-20(9-12-30)21-6-7-25-22(14-21)10-13-35-25/h6-7,14,18-20H,3-5,8-13,15-17H2,1-2H3/t18-,19+. The smallest absolute Gasteiger partial charge is 0.274 e. The van der Waals surface area contributed by atoms with E-state index in [9.17, 15) is 9.59 Å². The Balaban J connectivity index is 1.11. The van der Waals surface area contributed by atoms with E-state index in [1.165, 1.54) is 11.1 Å². The first-order valence-electron chi connectivity index (χ1n) is 13.5. The van der Waals surface area contributed by atoms with Crippen LogP contribution in [0.1, 0.15) is 71.9 Å². The molecule has 2 amide bonds. The van der Waals surface area contributed by atoms with Crippen LogP contribution in [0.25, 0.3) is 0 Å². The fourth-order valence-electron chi connectivity index (χ4n) is 6.46. The minimum Gasteiger partial charge on any atom is -0.493 e. The molecule has 0 bridgehead atoms. The highest BCUT2D eigenvalue weighted by atomic mass is 16.5. The van der Waals surface area contributed by atoms with E-state index in [0.29, 0.717) is 24.7 Å². The summed E-state index contributed by atoms with van der Waals surface area (Å²) in [5.74, 6) is 1.58. The first-order chi connectivity index (χ1) is 17.5. The summed E-state index contributed by atoms with van der Waals surface area (Å²) in [6.07, 6.45) is 5.71. The van der Waals surface area contributed by atoms with Crippen molar-refractivity contribution in [2.45, 2.75) is 77.0 Å². The highest BCUT2D eigenvalue weighted by molar-refractivity contribution is 5.94. The number of piperidine rings is 1. The van der Waals surface area contributed by atoms with Gasteiger partial charge in [-0.2, -0.15) is 5.10 Å². The number of fused-ring (bicyclic) bond motifs is 2. The number of rotatable bonds is 4. The molecule has 2 atom stereocenters. The van der Waals surface area contributed by atoms with Gasteiger partial charge in [-0.15, -0.1) is 0 Å². The number of ether oxygens (including phenoxy) is 2. The summed E-state index contributed by atoms with van der Waals surface area (Å²) >= 11 is 0. The van der Waals surface area contributed by atoms with Crippen molar-refractivity contribution in [3.8, 4) is 5.75 Å². The Morgan fingerprint density at radius 1 is 1.03 bits per heavy atom. The van der Waals surface area contributed by atoms with Gasteiger partial charge in [0, 0.05) is 43.9 Å². The quantitative estimate of drug-likeness (QED) is 0.656. The van der Waals surface area contributed by atoms with Crippen LogP contribution in [-0.4, -0.2) is 76.4 Å². The van der Waals surface area contributed by atoms with E-state index in [1.807, 2.05) is 28.3 Å². The van der Waals surface area contributed by atoms with Gasteiger partial charge < -0.3 is 19.3 Å². The number of aromatic nitrogens is 2. The molecule has 1 aromatic heterocycles. The molecule has 8 nitrogen and oxygen atoms in total. The number of hydrogen-bond donors (Lipinski definition) is 0. The summed E-state index contributed by atoms with van der Waals surface area (Å²) in [5.41, 5.74) is 5.32. The van der Waals surface area contributed by atoms with E-state index < -0.39 is 0 Å². The van der Waals surface area contributed by atoms with Crippen molar-refractivity contribution in [2.24, 2.45) is 0 Å². The van der Waals surface area contributed by atoms with Crippen molar-refractivity contribution in [1.82, 2.24) is 19.6 Å². The number of amides is 2. The Bertz CT molecular complexity index is 1160. The van der Waals surface area contributed by atoms with Crippen LogP contribution >= 0.6 is 0 Å². The van der Waals surface area contributed by atoms with Crippen molar-refractivity contribution in [3.63, 3.8) is 0 Å². The van der Waals surface area contributed by atoms with E-state index in [4.69, 9.17) is 14.6 Å². The average Bonchev–Trinajstić information content (AvgIpc) is 3.60. The lowest BCUT2D eigenvalue weighted by molar-refractivity contribution is -0.133. The van der Waals surface area contributed by atoms with Crippen molar-refractivity contribution in [3.05, 3.63) is 46.3 Å². The van der Waals surface area contributed by atoms with E-state index in [-0.39, 0.29) is 30.6 Å². The van der Waals surface area contributed by atoms with Gasteiger partial charge in [-0.1, -0.05) is 12.1 Å². The highest BCUT2D eigenvalue weighted by Gasteiger charge is 2.34. The number of carbonyl (C=O) groups excluding carboxylic acids is 2. The Labute approximate surface area is 212 Å². The first kappa shape index (κ1) is 23.5. The molecule has 4 aliphatic rings. The van der Waals surface area contributed by atoms with Crippen LogP contribution in [0.15, 0.2) is 18.2 Å². The predicted octanol–water partition coefficient (Wildman–Crippen LogP) is 2.96. The number of likely N-dealkylation sites (tertiary alicyclic amines) is 1. The lowest BCUT2D eigenvalue weighted by Gasteiger charge is -2.35. The fraction of sp³-hybridized carbons (Fsp3) is 0.607. The zero-order valence-corrected chi connectivity index (χ0v) is 21.4. The molecule has 3 aliphatic heterocycles. The van der Waals surface area contributed by atoms with Gasteiger partial charge in [-0.05, 0) is 69.1 Å². The third-order valence-electron chi connectivity index (χ3n) is 8.23. The monoisotopic (exact) mass is 492 g/mol. The Morgan fingerprint density at radius 3 is 2.58 bits per heavy atom. The topological polar surface area (TPSA) is 76.9 Å². The molecule has 2 fully saturated rings. The third-order valence-corrected chi connectivity index (χ3v) is 8.23. The van der Waals surface area contributed by atoms with Crippen LogP contribution < -0.4 is 4.74 Å². The van der Waals surface area contributed by atoms with Crippen LogP contribution in [-0.2, 0) is 35.3 Å². The van der Waals surface area contributed by atoms with Crippen LogP contribution in [0.5, 0.6) is 5.75 Å². The molecule has 1 aromatic carbocycles. The molecule has 0 unspecified atom stereocenters. The molecule has 192 valence electrons. The van der Waals surface area contributed by atoms with Gasteiger partial charge in [-0.25, -0.2) is 0 Å². The maximum absolute atomic E-state index is 13.4. The Morgan fingerprint density at radius 2 is 1.81 bits per heavy atom. The highest BCUT2D eigenvalue weighted by Crippen LogP contribution is 2.34. The second-order valence-corrected chi connectivity index (χ2v) is 10.9. The maximum atomic E-state index is 13.4. The molecule has 8 heteroatoms. The van der Waals surface area contributed by atoms with Crippen LogP contribution in [0.2, 0.25) is 0 Å². The molecule has 0 radical (unpaired) electrons. The van der Waals surface area contributed by atoms with Crippen molar-refractivity contribution in [1.29, 1.82) is 0 Å². The minimum absolute atomic E-state index is 0.0162. The van der Waals surface area contributed by atoms with Crippen LogP contribution in [0.3, 0.4) is 0 Å². The van der Waals surface area contributed by atoms with Crippen molar-refractivity contribution >= 4 is 11.8 Å².